The maximum Gasteiger partial charge on any atom is 1.00 e. The summed E-state index contributed by atoms with van der Waals surface area (Å²) in [5.74, 6) is -0.268. The van der Waals surface area contributed by atoms with Crippen LogP contribution in [0.3, 0.4) is 0 Å². The van der Waals surface area contributed by atoms with Gasteiger partial charge in [-0.15, -0.1) is 0 Å². The molecule has 118 heavy (non-hydrogen) atoms. The summed E-state index contributed by atoms with van der Waals surface area (Å²) in [5.41, 5.74) is -3.27. The van der Waals surface area contributed by atoms with Crippen molar-refractivity contribution in [3.05, 3.63) is 0 Å². The maximum atomic E-state index is 12.9. The number of carbonyl (C=O) groups is 7. The number of hydrogen-bond donors (Lipinski definition) is 1. The number of nitrogens with zero attached hydrogens (tertiary/aromatic N) is 6. The zero-order valence-electron chi connectivity index (χ0n) is 74.2. The average molecular weight is 3330 g/mol. The van der Waals surface area contributed by atoms with Crippen molar-refractivity contribution in [1.82, 2.24) is 29.4 Å². The van der Waals surface area contributed by atoms with Gasteiger partial charge in [-0.3, -0.25) is 47.2 Å². The number of esters is 1. The van der Waals surface area contributed by atoms with Gasteiger partial charge in [0.2, 0.25) is 9.05 Å². The molecule has 23 nitrogen and oxygen atoms in total. The molecule has 0 aromatic heterocycles. The monoisotopic (exact) mass is 3320 g/mol. The fraction of sp³-hybridized carbons (Fsp3) is 0.904. The van der Waals surface area contributed by atoms with E-state index in [1.54, 1.807) is 64.0 Å². The van der Waals surface area contributed by atoms with E-state index in [-0.39, 0.29) is 109 Å². The molecule has 3 aliphatic carbocycles. The first-order valence-corrected chi connectivity index (χ1v) is 90.8. The van der Waals surface area contributed by atoms with Crippen LogP contribution in [0.15, 0.2) is 0 Å². The fourth-order valence-electron chi connectivity index (χ4n) is 11.2. The molecule has 0 atom stereocenters. The van der Waals surface area contributed by atoms with E-state index in [0.717, 1.165) is 109 Å². The van der Waals surface area contributed by atoms with Crippen molar-refractivity contribution in [2.45, 2.75) is 351 Å². The summed E-state index contributed by atoms with van der Waals surface area (Å²) >= 11 is 30.6. The van der Waals surface area contributed by atoms with Gasteiger partial charge < -0.3 is 88.7 Å². The van der Waals surface area contributed by atoms with Gasteiger partial charge in [0, 0.05) is 186 Å². The molecule has 3 fully saturated rings. The smallest absolute Gasteiger partial charge is 0.713 e. The standard InChI is InChI=1S/C25H46N2O6.C24H46N2O4.C23H44N2O5.CH3ClO2S.Al.I4S.2IS.7HI.Li.2V.4H/c1-8-31-21(28)16-12-17-26(22(29)32-24(2,3)4)18-13-19-27(20-14-10-9-11-15-20)23(30)33-25(5,6)7;1-8-9-13-17-25(21(27)29-23(2,3)4)18-14-19-26(20-15-11-10-12-16-20)22(28)30-24(5,6)7;1-22(2,3)29-20(27)24(15-10-11-18-26)16-12-17-25(19-13-8-7-9-14-19)21(28)30-23(4,5)6;1-5(2,3)4;;1-5(2,3)4;2*1-2;;;;;;;;;;;;;;/h20H,8-19H2,1-7H3;20H,8-19H2,1-7H3;19,26H,7-18H2,1-6H3;1H3;;;;;7*1H;;;;;;;/q;;;;;;2*-1;;;;;;;;+1;+3;+4;;;;-1/p-7. The van der Waals surface area contributed by atoms with Crippen LogP contribution in [0, 0.1) is 0 Å². The van der Waals surface area contributed by atoms with Crippen LogP contribution in [-0.4, -0.2) is 233 Å². The van der Waals surface area contributed by atoms with Crippen LogP contribution in [-0.2, 0) is 71.9 Å². The van der Waals surface area contributed by atoms with Gasteiger partial charge in [-0.05, 0) is 214 Å². The normalized spacial score (nSPS) is 14.2. The molecule has 0 radical (unpaired) electrons. The van der Waals surface area contributed by atoms with Crippen molar-refractivity contribution in [3.63, 3.8) is 0 Å². The Morgan fingerprint density at radius 3 is 0.814 bits per heavy atom. The van der Waals surface area contributed by atoms with E-state index >= 15 is 0 Å². The third-order valence-electron chi connectivity index (χ3n) is 15.3. The van der Waals surface area contributed by atoms with Gasteiger partial charge >= 0.3 is 207 Å². The molecule has 0 saturated heterocycles. The first kappa shape index (κ1) is 142. The van der Waals surface area contributed by atoms with Crippen LogP contribution in [0.2, 0.25) is 0 Å². The van der Waals surface area contributed by atoms with Crippen LogP contribution in [0.5, 0.6) is 0 Å². The van der Waals surface area contributed by atoms with Crippen LogP contribution in [0.25, 0.3) is 0 Å². The summed E-state index contributed by atoms with van der Waals surface area (Å²) in [6.45, 7) is 42.9. The number of aliphatic hydroxyl groups excluding tert-OH is 1. The molecule has 0 aromatic carbocycles. The van der Waals surface area contributed by atoms with Crippen molar-refractivity contribution < 1.29 is 106 Å². The van der Waals surface area contributed by atoms with Gasteiger partial charge in [0.25, 0.3) is 0 Å². The minimum absolute atomic E-state index is 0. The van der Waals surface area contributed by atoms with Crippen molar-refractivity contribution in [2.24, 2.45) is 0 Å². The zero-order chi connectivity index (χ0) is 91.7. The molecular formula is C73H143AlClI13LiN6O17S4V2-2. The predicted molar refractivity (Wildman–Crippen MR) is 605 cm³/mol. The Morgan fingerprint density at radius 1 is 0.424 bits per heavy atom. The topological polar surface area (TPSA) is 258 Å². The molecule has 3 saturated carbocycles. The third kappa shape index (κ3) is 103. The largest absolute Gasteiger partial charge is 1.00 e. The average Bonchev–Trinajstić information content (AvgIpc) is 0.862. The molecule has 6 amide bonds. The van der Waals surface area contributed by atoms with Crippen LogP contribution in [0.1, 0.15) is 300 Å². The van der Waals surface area contributed by atoms with Crippen LogP contribution >= 0.6 is 276 Å². The minimum atomic E-state index is -3.19. The Hall–Kier alpha value is 8.13. The molecular weight excluding hydrogens is 3180 g/mol. The number of ether oxygens (including phenoxy) is 7. The summed E-state index contributed by atoms with van der Waals surface area (Å²) in [7, 11) is 9.41. The van der Waals surface area contributed by atoms with Gasteiger partial charge in [-0.1, -0.05) is 77.6 Å². The molecule has 45 heteroatoms. The predicted octanol–water partition coefficient (Wildman–Crippen LogP) is 25.1. The van der Waals surface area contributed by atoms with Gasteiger partial charge in [-0.2, -0.15) is 0 Å². The SMILES string of the molecule is CC(C)(C)OC(=O)N(CCCCO)CCCN(C(=O)OC(C)(C)C)C1CCCCC1.CCCCCN(CCCN(C(=O)OC(C)(C)C)C1CCCCC1)C(=O)OC(C)(C)C.CCOC(=O)CCCN(CCCN(C(=O)OC(C)(C)C)C1CCCCC1)C(=O)OC(C)(C)C.CS(=O)(=O)Cl.IS(I)(I)I.[AlH3].[H-].[I][V]([I])([I])[I].[I][V]([I])[I].[Li+].[S-]I.[S-]I. The summed E-state index contributed by atoms with van der Waals surface area (Å²) in [6, 6.07) is 0.619. The minimum Gasteiger partial charge on any atom is -0.713 e. The molecule has 705 valence electrons. The van der Waals surface area contributed by atoms with Crippen molar-refractivity contribution in [1.29, 1.82) is 0 Å². The fourth-order valence-corrected chi connectivity index (χ4v) is 11.2. The summed E-state index contributed by atoms with van der Waals surface area (Å²) in [6.07, 6.45) is 22.9. The number of rotatable bonds is 28. The molecule has 0 heterocycles. The van der Waals surface area contributed by atoms with E-state index in [0.29, 0.717) is 97.6 Å². The van der Waals surface area contributed by atoms with Crippen LogP contribution in [0.4, 0.5) is 28.8 Å². The van der Waals surface area contributed by atoms with E-state index in [1.807, 2.05) is 139 Å². The van der Waals surface area contributed by atoms with Gasteiger partial charge in [-0.25, -0.2) is 37.2 Å². The zero-order valence-corrected chi connectivity index (χ0v) is 108. The summed E-state index contributed by atoms with van der Waals surface area (Å²) < 4.78 is 56.2. The van der Waals surface area contributed by atoms with Crippen molar-refractivity contribution in [2.75, 3.05) is 78.4 Å². The molecule has 0 aliphatic heterocycles. The Labute approximate surface area is 912 Å². The van der Waals surface area contributed by atoms with E-state index in [2.05, 4.69) is 262 Å². The molecule has 1 N–H and O–H groups in total. The maximum absolute atomic E-state index is 12.9. The Bertz CT molecular complexity index is 2610. The Balaban J connectivity index is -0.000000190. The molecule has 3 rings (SSSR count). The molecule has 0 spiro atoms. The first-order chi connectivity index (χ1) is 52.9. The second kappa shape index (κ2) is 79.1. The molecule has 3 aliphatic rings. The number of carbonyl (C=O) groups excluding carboxylic acids is 7. The molecule has 0 unspecified atom stereocenters. The third-order valence-corrected chi connectivity index (χ3v) is 15.3. The van der Waals surface area contributed by atoms with Gasteiger partial charge in [0.15, 0.2) is 17.4 Å². The van der Waals surface area contributed by atoms with Crippen molar-refractivity contribution >= 4 is 365 Å². The first-order valence-electron chi connectivity index (χ1n) is 38.9. The number of amides is 6. The summed E-state index contributed by atoms with van der Waals surface area (Å²) in [4.78, 5) is 98.7. The number of hydrogen-bond acceptors (Lipinski definition) is 19. The molecule has 0 aromatic rings. The number of aliphatic hydroxyl groups is 1. The molecule has 0 bridgehead atoms. The Kier molecular flexibility index (Phi) is 94.9. The van der Waals surface area contributed by atoms with Crippen molar-refractivity contribution in [3.8, 4) is 0 Å². The van der Waals surface area contributed by atoms with Crippen LogP contribution < -0.4 is 18.9 Å². The van der Waals surface area contributed by atoms with E-state index in [4.69, 9.17) is 38.3 Å². The van der Waals surface area contributed by atoms with E-state index in [1.165, 1.54) is 19.3 Å². The van der Waals surface area contributed by atoms with E-state index in [9.17, 15) is 42.0 Å². The van der Waals surface area contributed by atoms with E-state index < -0.39 is 49.1 Å². The van der Waals surface area contributed by atoms with Gasteiger partial charge in [0.05, 0.1) is 12.9 Å². The second-order valence-electron chi connectivity index (χ2n) is 33.0. The van der Waals surface area contributed by atoms with Gasteiger partial charge in [0.1, 0.15) is 33.6 Å². The quantitative estimate of drug-likeness (QED) is 0.0145. The summed E-state index contributed by atoms with van der Waals surface area (Å²) in [5, 5.41) is 9.06. The second-order valence-corrected chi connectivity index (χ2v) is 189. The Morgan fingerprint density at radius 2 is 0.619 bits per heavy atom. The number of unbranched alkanes of at least 4 members (excludes halogenated alkanes) is 3. The number of halogens is 14.